The molecule has 0 radical (unpaired) electrons. The maximum absolute atomic E-state index is 13.2. The summed E-state index contributed by atoms with van der Waals surface area (Å²) in [6.45, 7) is 1.83. The lowest BCUT2D eigenvalue weighted by Gasteiger charge is -2.23. The molecule has 0 aliphatic heterocycles. The van der Waals surface area contributed by atoms with Crippen molar-refractivity contribution in [2.75, 3.05) is 7.11 Å². The Balaban J connectivity index is 2.39. The van der Waals surface area contributed by atoms with Crippen molar-refractivity contribution < 1.29 is 22.3 Å². The average Bonchev–Trinajstić information content (AvgIpc) is 2.59. The lowest BCUT2D eigenvalue weighted by atomic mass is 10.0. The summed E-state index contributed by atoms with van der Waals surface area (Å²) >= 11 is 0. The highest BCUT2D eigenvalue weighted by Crippen LogP contribution is 2.21. The molecule has 6 nitrogen and oxygen atoms in total. The van der Waals surface area contributed by atoms with E-state index in [1.807, 2.05) is 6.92 Å². The topological polar surface area (TPSA) is 98.5 Å². The molecule has 0 bridgehead atoms. The van der Waals surface area contributed by atoms with E-state index in [0.29, 0.717) is 5.56 Å². The summed E-state index contributed by atoms with van der Waals surface area (Å²) in [4.78, 5) is 11.8. The summed E-state index contributed by atoms with van der Waals surface area (Å²) in [7, 11) is -2.80. The van der Waals surface area contributed by atoms with Gasteiger partial charge in [-0.05, 0) is 36.8 Å². The molecule has 2 aromatic rings. The highest BCUT2D eigenvalue weighted by atomic mass is 32.2. The third-order valence-corrected chi connectivity index (χ3v) is 5.13. The summed E-state index contributed by atoms with van der Waals surface area (Å²) in [5.41, 5.74) is 7.10. The van der Waals surface area contributed by atoms with Gasteiger partial charge in [0.15, 0.2) is 0 Å². The zero-order chi connectivity index (χ0) is 18.6. The molecule has 0 aromatic heterocycles. The van der Waals surface area contributed by atoms with Crippen LogP contribution in [0.15, 0.2) is 53.4 Å². The van der Waals surface area contributed by atoms with E-state index in [1.165, 1.54) is 24.3 Å². The molecule has 25 heavy (non-hydrogen) atoms. The number of rotatable bonds is 6. The number of carbonyl (C=O) groups excluding carboxylic acids is 1. The first-order valence-electron chi connectivity index (χ1n) is 7.42. The fraction of sp³-hybridized carbons (Fsp3) is 0.235. The van der Waals surface area contributed by atoms with Crippen LogP contribution in [0.4, 0.5) is 4.39 Å². The molecule has 0 unspecified atom stereocenters. The molecule has 0 amide bonds. The number of ether oxygens (including phenoxy) is 1. The molecule has 0 saturated carbocycles. The van der Waals surface area contributed by atoms with Crippen molar-refractivity contribution in [2.24, 2.45) is 5.73 Å². The number of esters is 1. The fourth-order valence-corrected chi connectivity index (χ4v) is 3.49. The van der Waals surface area contributed by atoms with Gasteiger partial charge in [-0.15, -0.1) is 0 Å². The molecule has 8 heteroatoms. The number of nitrogens with two attached hydrogens (primary N) is 1. The SMILES string of the molecule is COC(=O)[C@@H](N)[C@@H](NS(=O)(=O)c1ccc(C)cc1)c1ccc(F)cc1. The first-order chi connectivity index (χ1) is 11.7. The minimum Gasteiger partial charge on any atom is -0.468 e. The van der Waals surface area contributed by atoms with Gasteiger partial charge in [0.2, 0.25) is 10.0 Å². The van der Waals surface area contributed by atoms with E-state index in [2.05, 4.69) is 9.46 Å². The van der Waals surface area contributed by atoms with E-state index in [9.17, 15) is 17.6 Å². The summed E-state index contributed by atoms with van der Waals surface area (Å²) in [5, 5.41) is 0. The largest absolute Gasteiger partial charge is 0.468 e. The Hall–Kier alpha value is -2.29. The number of benzene rings is 2. The van der Waals surface area contributed by atoms with Gasteiger partial charge in [-0.25, -0.2) is 17.5 Å². The molecule has 0 heterocycles. The highest BCUT2D eigenvalue weighted by Gasteiger charge is 2.31. The van der Waals surface area contributed by atoms with Gasteiger partial charge in [0.25, 0.3) is 0 Å². The zero-order valence-electron chi connectivity index (χ0n) is 13.8. The molecule has 134 valence electrons. The first-order valence-corrected chi connectivity index (χ1v) is 8.91. The van der Waals surface area contributed by atoms with Crippen molar-refractivity contribution in [3.63, 3.8) is 0 Å². The number of hydrogen-bond donors (Lipinski definition) is 2. The number of sulfonamides is 1. The number of nitrogens with one attached hydrogen (secondary N) is 1. The van der Waals surface area contributed by atoms with Gasteiger partial charge in [0, 0.05) is 0 Å². The van der Waals surface area contributed by atoms with Gasteiger partial charge in [-0.3, -0.25) is 4.79 Å². The number of methoxy groups -OCH3 is 1. The van der Waals surface area contributed by atoms with Crippen LogP contribution in [-0.2, 0) is 19.6 Å². The van der Waals surface area contributed by atoms with Gasteiger partial charge in [0.1, 0.15) is 11.9 Å². The first kappa shape index (κ1) is 19.0. The van der Waals surface area contributed by atoms with Crippen molar-refractivity contribution in [1.29, 1.82) is 0 Å². The maximum atomic E-state index is 13.2. The third kappa shape index (κ3) is 4.62. The van der Waals surface area contributed by atoms with Crippen LogP contribution in [0.1, 0.15) is 17.2 Å². The Morgan fingerprint density at radius 2 is 1.68 bits per heavy atom. The van der Waals surface area contributed by atoms with Gasteiger partial charge in [-0.2, -0.15) is 0 Å². The van der Waals surface area contributed by atoms with Gasteiger partial charge >= 0.3 is 5.97 Å². The van der Waals surface area contributed by atoms with Crippen LogP contribution in [0.5, 0.6) is 0 Å². The molecule has 0 saturated heterocycles. The predicted molar refractivity (Wildman–Crippen MR) is 90.6 cm³/mol. The van der Waals surface area contributed by atoms with Crippen molar-refractivity contribution in [3.8, 4) is 0 Å². The van der Waals surface area contributed by atoms with E-state index in [4.69, 9.17) is 5.73 Å². The number of halogens is 1. The molecular weight excluding hydrogens is 347 g/mol. The Morgan fingerprint density at radius 1 is 1.12 bits per heavy atom. The van der Waals surface area contributed by atoms with Crippen LogP contribution >= 0.6 is 0 Å². The number of hydrogen-bond acceptors (Lipinski definition) is 5. The van der Waals surface area contributed by atoms with E-state index in [1.54, 1.807) is 12.1 Å². The van der Waals surface area contributed by atoms with Crippen molar-refractivity contribution in [2.45, 2.75) is 23.9 Å². The summed E-state index contributed by atoms with van der Waals surface area (Å²) in [6.07, 6.45) is 0. The molecular formula is C17H19FN2O4S. The smallest absolute Gasteiger partial charge is 0.324 e. The number of aryl methyl sites for hydroxylation is 1. The van der Waals surface area contributed by atoms with Crippen molar-refractivity contribution in [1.82, 2.24) is 4.72 Å². The summed E-state index contributed by atoms with van der Waals surface area (Å²) in [6, 6.07) is 8.84. The molecule has 2 rings (SSSR count). The van der Waals surface area contributed by atoms with Crippen LogP contribution in [0.25, 0.3) is 0 Å². The maximum Gasteiger partial charge on any atom is 0.324 e. The van der Waals surface area contributed by atoms with Crippen LogP contribution in [-0.4, -0.2) is 27.5 Å². The zero-order valence-corrected chi connectivity index (χ0v) is 14.6. The average molecular weight is 366 g/mol. The third-order valence-electron chi connectivity index (χ3n) is 3.67. The van der Waals surface area contributed by atoms with Crippen LogP contribution in [0, 0.1) is 12.7 Å². The highest BCUT2D eigenvalue weighted by molar-refractivity contribution is 7.89. The summed E-state index contributed by atoms with van der Waals surface area (Å²) in [5.74, 6) is -1.28. The minimum absolute atomic E-state index is 0.0299. The molecule has 0 fully saturated rings. The Labute approximate surface area is 145 Å². The lowest BCUT2D eigenvalue weighted by molar-refractivity contribution is -0.142. The van der Waals surface area contributed by atoms with Crippen LogP contribution in [0.3, 0.4) is 0 Å². The molecule has 0 spiro atoms. The predicted octanol–water partition coefficient (Wildman–Crippen LogP) is 1.65. The second kappa shape index (κ2) is 7.73. The van der Waals surface area contributed by atoms with Crippen molar-refractivity contribution >= 4 is 16.0 Å². The quantitative estimate of drug-likeness (QED) is 0.758. The Morgan fingerprint density at radius 3 is 2.20 bits per heavy atom. The van der Waals surface area contributed by atoms with Crippen molar-refractivity contribution in [3.05, 3.63) is 65.5 Å². The Bertz CT molecular complexity index is 836. The minimum atomic E-state index is -3.95. The van der Waals surface area contributed by atoms with Crippen LogP contribution in [0.2, 0.25) is 0 Å². The number of carbonyl (C=O) groups is 1. The van der Waals surface area contributed by atoms with E-state index in [-0.39, 0.29) is 4.90 Å². The molecule has 0 aliphatic rings. The molecule has 3 N–H and O–H groups in total. The summed E-state index contributed by atoms with van der Waals surface area (Å²) < 4.78 is 45.4. The standard InChI is InChI=1S/C17H19FN2O4S/c1-11-3-9-14(10-4-11)25(22,23)20-16(15(19)17(21)24-2)12-5-7-13(18)8-6-12/h3-10,15-16,20H,19H2,1-2H3/t15-,16-/m0/s1. The molecule has 0 aliphatic carbocycles. The van der Waals surface area contributed by atoms with Crippen LogP contribution < -0.4 is 10.5 Å². The van der Waals surface area contributed by atoms with Gasteiger partial charge in [0.05, 0.1) is 18.0 Å². The van der Waals surface area contributed by atoms with E-state index < -0.39 is 33.9 Å². The molecule has 2 aromatic carbocycles. The van der Waals surface area contributed by atoms with Gasteiger partial charge < -0.3 is 10.5 Å². The van der Waals surface area contributed by atoms with E-state index >= 15 is 0 Å². The fourth-order valence-electron chi connectivity index (χ4n) is 2.24. The normalized spacial score (nSPS) is 13.9. The van der Waals surface area contributed by atoms with E-state index in [0.717, 1.165) is 24.8 Å². The lowest BCUT2D eigenvalue weighted by Crippen LogP contribution is -2.46. The second-order valence-electron chi connectivity index (χ2n) is 5.51. The second-order valence-corrected chi connectivity index (χ2v) is 7.23. The monoisotopic (exact) mass is 366 g/mol. The van der Waals surface area contributed by atoms with Gasteiger partial charge in [-0.1, -0.05) is 29.8 Å². The molecule has 2 atom stereocenters. The Kier molecular flexibility index (Phi) is 5.89.